The molecular formula is C14H25. The van der Waals surface area contributed by atoms with Crippen molar-refractivity contribution in [2.75, 3.05) is 0 Å². The van der Waals surface area contributed by atoms with Gasteiger partial charge in [-0.05, 0) is 25.3 Å². The fraction of sp³-hybridized carbons (Fsp3) is 0.714. The molecule has 0 heterocycles. The zero-order valence-electron chi connectivity index (χ0n) is 9.89. The summed E-state index contributed by atoms with van der Waals surface area (Å²) in [6.45, 7) is 4.37. The summed E-state index contributed by atoms with van der Waals surface area (Å²) in [7, 11) is 0. The van der Waals surface area contributed by atoms with Gasteiger partial charge in [-0.1, -0.05) is 64.2 Å². The molecule has 0 atom stereocenters. The molecule has 0 aliphatic carbocycles. The first-order valence-corrected chi connectivity index (χ1v) is 6.13. The van der Waals surface area contributed by atoms with E-state index in [0.29, 0.717) is 0 Å². The van der Waals surface area contributed by atoms with E-state index in [1.54, 1.807) is 0 Å². The van der Waals surface area contributed by atoms with Crippen LogP contribution in [0.25, 0.3) is 0 Å². The number of allylic oxidation sites excluding steroid dienone is 4. The third kappa shape index (κ3) is 11.5. The highest BCUT2D eigenvalue weighted by Crippen LogP contribution is 2.06. The fourth-order valence-electron chi connectivity index (χ4n) is 1.39. The Bertz CT molecular complexity index is 142. The Hall–Kier alpha value is -0.520. The van der Waals surface area contributed by atoms with Gasteiger partial charge in [0, 0.05) is 0 Å². The predicted octanol–water partition coefficient (Wildman–Crippen LogP) is 5.06. The molecule has 0 nitrogen and oxygen atoms in total. The Balaban J connectivity index is 3.05. The summed E-state index contributed by atoms with van der Waals surface area (Å²) in [5, 5.41) is 0. The molecule has 0 N–H and O–H groups in total. The van der Waals surface area contributed by atoms with Crippen LogP contribution in [0.5, 0.6) is 0 Å². The summed E-state index contributed by atoms with van der Waals surface area (Å²) in [5.74, 6) is 0. The van der Waals surface area contributed by atoms with Crippen molar-refractivity contribution in [3.8, 4) is 0 Å². The molecule has 0 fully saturated rings. The minimum atomic E-state index is 1.02. The van der Waals surface area contributed by atoms with Crippen LogP contribution in [0.2, 0.25) is 0 Å². The molecule has 0 aromatic rings. The highest BCUT2D eigenvalue weighted by atomic mass is 13.9. The van der Waals surface area contributed by atoms with Crippen LogP contribution in [-0.4, -0.2) is 0 Å². The first-order chi connectivity index (χ1) is 6.91. The van der Waals surface area contributed by atoms with Gasteiger partial charge in [0.2, 0.25) is 0 Å². The average molecular weight is 193 g/mol. The first kappa shape index (κ1) is 13.5. The zero-order chi connectivity index (χ0) is 10.5. The lowest BCUT2D eigenvalue weighted by atomic mass is 10.1. The minimum Gasteiger partial charge on any atom is -0.0845 e. The van der Waals surface area contributed by atoms with Gasteiger partial charge in [0.05, 0.1) is 0 Å². The summed E-state index contributed by atoms with van der Waals surface area (Å²) in [4.78, 5) is 0. The SMILES string of the molecule is CC/[C]=C/C=CCCCCCCCC. The molecule has 14 heavy (non-hydrogen) atoms. The molecule has 0 saturated carbocycles. The largest absolute Gasteiger partial charge is 0.0845 e. The van der Waals surface area contributed by atoms with Crippen LogP contribution in [-0.2, 0) is 0 Å². The van der Waals surface area contributed by atoms with Crippen molar-refractivity contribution in [2.45, 2.75) is 65.2 Å². The second-order valence-corrected chi connectivity index (χ2v) is 3.71. The van der Waals surface area contributed by atoms with E-state index in [0.717, 1.165) is 6.42 Å². The third-order valence-corrected chi connectivity index (χ3v) is 2.28. The average Bonchev–Trinajstić information content (AvgIpc) is 2.21. The van der Waals surface area contributed by atoms with Gasteiger partial charge in [0.25, 0.3) is 0 Å². The molecule has 0 heteroatoms. The quantitative estimate of drug-likeness (QED) is 0.354. The number of unbranched alkanes of at least 4 members (excludes halogenated alkanes) is 6. The molecule has 0 saturated heterocycles. The van der Waals surface area contributed by atoms with E-state index in [1.807, 2.05) is 6.08 Å². The second-order valence-electron chi connectivity index (χ2n) is 3.71. The standard InChI is InChI=1S/C14H25/c1-3-5-7-9-11-13-14-12-10-8-6-4-2/h8,10,12H,3-5,7,9,11,13-14H2,1-2H3. The van der Waals surface area contributed by atoms with Crippen LogP contribution in [0.4, 0.5) is 0 Å². The molecule has 0 rings (SSSR count). The van der Waals surface area contributed by atoms with Gasteiger partial charge in [-0.2, -0.15) is 0 Å². The van der Waals surface area contributed by atoms with Crippen LogP contribution < -0.4 is 0 Å². The fourth-order valence-corrected chi connectivity index (χ4v) is 1.39. The van der Waals surface area contributed by atoms with Gasteiger partial charge < -0.3 is 0 Å². The van der Waals surface area contributed by atoms with Gasteiger partial charge in [-0.25, -0.2) is 0 Å². The van der Waals surface area contributed by atoms with Gasteiger partial charge in [-0.3, -0.25) is 0 Å². The van der Waals surface area contributed by atoms with Crippen molar-refractivity contribution in [3.05, 3.63) is 24.3 Å². The Morgan fingerprint density at radius 3 is 2.36 bits per heavy atom. The summed E-state index contributed by atoms with van der Waals surface area (Å²) in [6.07, 6.45) is 20.1. The van der Waals surface area contributed by atoms with E-state index in [4.69, 9.17) is 0 Å². The number of rotatable bonds is 9. The monoisotopic (exact) mass is 193 g/mol. The molecule has 0 aliphatic rings. The molecule has 81 valence electrons. The molecule has 1 radical (unpaired) electrons. The molecule has 0 unspecified atom stereocenters. The highest BCUT2D eigenvalue weighted by molar-refractivity contribution is 4.98. The highest BCUT2D eigenvalue weighted by Gasteiger charge is 1.87. The number of hydrogen-bond acceptors (Lipinski definition) is 0. The lowest BCUT2D eigenvalue weighted by Crippen LogP contribution is -1.77. The summed E-state index contributed by atoms with van der Waals surface area (Å²) < 4.78 is 0. The van der Waals surface area contributed by atoms with Crippen molar-refractivity contribution in [1.29, 1.82) is 0 Å². The minimum absolute atomic E-state index is 1.02. The van der Waals surface area contributed by atoms with E-state index in [-0.39, 0.29) is 0 Å². The third-order valence-electron chi connectivity index (χ3n) is 2.28. The molecule has 0 aliphatic heterocycles. The van der Waals surface area contributed by atoms with Crippen molar-refractivity contribution in [1.82, 2.24) is 0 Å². The van der Waals surface area contributed by atoms with Gasteiger partial charge in [0.15, 0.2) is 0 Å². The van der Waals surface area contributed by atoms with E-state index in [1.165, 1.54) is 44.9 Å². The molecule has 0 aromatic carbocycles. The van der Waals surface area contributed by atoms with Gasteiger partial charge in [0.1, 0.15) is 0 Å². The Kier molecular flexibility index (Phi) is 12.0. The van der Waals surface area contributed by atoms with Crippen LogP contribution >= 0.6 is 0 Å². The maximum atomic E-state index is 3.16. The van der Waals surface area contributed by atoms with Crippen molar-refractivity contribution < 1.29 is 0 Å². The molecule has 0 bridgehead atoms. The molecule has 0 amide bonds. The Morgan fingerprint density at radius 2 is 1.64 bits per heavy atom. The van der Waals surface area contributed by atoms with E-state index >= 15 is 0 Å². The number of hydrogen-bond donors (Lipinski definition) is 0. The molecular weight excluding hydrogens is 168 g/mol. The topological polar surface area (TPSA) is 0 Å². The van der Waals surface area contributed by atoms with Gasteiger partial charge >= 0.3 is 0 Å². The normalized spacial score (nSPS) is 11.9. The Labute approximate surface area is 90.1 Å². The summed E-state index contributed by atoms with van der Waals surface area (Å²) >= 11 is 0. The molecule has 0 spiro atoms. The zero-order valence-corrected chi connectivity index (χ0v) is 9.89. The van der Waals surface area contributed by atoms with E-state index in [9.17, 15) is 0 Å². The lowest BCUT2D eigenvalue weighted by molar-refractivity contribution is 0.611. The van der Waals surface area contributed by atoms with E-state index in [2.05, 4.69) is 32.1 Å². The maximum Gasteiger partial charge on any atom is -0.0305 e. The van der Waals surface area contributed by atoms with Crippen LogP contribution in [0, 0.1) is 6.08 Å². The van der Waals surface area contributed by atoms with Crippen LogP contribution in [0.15, 0.2) is 18.2 Å². The predicted molar refractivity (Wildman–Crippen MR) is 65.2 cm³/mol. The maximum absolute atomic E-state index is 3.16. The van der Waals surface area contributed by atoms with E-state index < -0.39 is 0 Å². The molecule has 0 aromatic heterocycles. The van der Waals surface area contributed by atoms with Crippen molar-refractivity contribution >= 4 is 0 Å². The van der Waals surface area contributed by atoms with Crippen LogP contribution in [0.3, 0.4) is 0 Å². The summed E-state index contributed by atoms with van der Waals surface area (Å²) in [5.41, 5.74) is 0. The van der Waals surface area contributed by atoms with Crippen molar-refractivity contribution in [2.24, 2.45) is 0 Å². The second kappa shape index (κ2) is 12.5. The smallest absolute Gasteiger partial charge is 0.0305 e. The van der Waals surface area contributed by atoms with Crippen molar-refractivity contribution in [3.63, 3.8) is 0 Å². The van der Waals surface area contributed by atoms with Gasteiger partial charge in [-0.15, -0.1) is 0 Å². The first-order valence-electron chi connectivity index (χ1n) is 6.13. The lowest BCUT2D eigenvalue weighted by Gasteiger charge is -1.97. The summed E-state index contributed by atoms with van der Waals surface area (Å²) in [6, 6.07) is 0. The Morgan fingerprint density at radius 1 is 0.929 bits per heavy atom. The van der Waals surface area contributed by atoms with Crippen LogP contribution in [0.1, 0.15) is 65.2 Å².